The van der Waals surface area contributed by atoms with E-state index in [1.807, 2.05) is 0 Å². The lowest BCUT2D eigenvalue weighted by molar-refractivity contribution is -0.384. The number of aromatic hydroxyl groups is 1. The van der Waals surface area contributed by atoms with Crippen LogP contribution in [0.1, 0.15) is 6.92 Å². The first-order valence-corrected chi connectivity index (χ1v) is 5.17. The second kappa shape index (κ2) is 4.33. The van der Waals surface area contributed by atoms with Gasteiger partial charge in [-0.05, 0) is 11.5 Å². The van der Waals surface area contributed by atoms with Crippen molar-refractivity contribution in [3.8, 4) is 5.75 Å². The number of benzene rings is 2. The van der Waals surface area contributed by atoms with Crippen LogP contribution in [-0.2, 0) is 4.79 Å². The predicted octanol–water partition coefficient (Wildman–Crippen LogP) is 2.41. The first kappa shape index (κ1) is 11.8. The molecule has 6 nitrogen and oxygen atoms in total. The SMILES string of the molecule is CC(=O)Nc1cccc2cc([N+](=O)[O-])cc(O)c12. The fraction of sp³-hybridized carbons (Fsp3) is 0.0833. The number of fused-ring (bicyclic) bond motifs is 1. The number of nitro groups is 1. The Labute approximate surface area is 102 Å². The molecule has 0 unspecified atom stereocenters. The molecule has 92 valence electrons. The van der Waals surface area contributed by atoms with Crippen LogP contribution in [0.15, 0.2) is 30.3 Å². The van der Waals surface area contributed by atoms with Crippen LogP contribution in [0, 0.1) is 10.1 Å². The Hall–Kier alpha value is -2.63. The molecule has 2 rings (SSSR count). The fourth-order valence-corrected chi connectivity index (χ4v) is 1.79. The van der Waals surface area contributed by atoms with Gasteiger partial charge in [0, 0.05) is 18.4 Å². The highest BCUT2D eigenvalue weighted by atomic mass is 16.6. The van der Waals surface area contributed by atoms with E-state index in [0.29, 0.717) is 16.5 Å². The fourth-order valence-electron chi connectivity index (χ4n) is 1.79. The monoisotopic (exact) mass is 246 g/mol. The van der Waals surface area contributed by atoms with Crippen molar-refractivity contribution in [2.24, 2.45) is 0 Å². The summed E-state index contributed by atoms with van der Waals surface area (Å²) in [7, 11) is 0. The van der Waals surface area contributed by atoms with Gasteiger partial charge in [0.2, 0.25) is 5.91 Å². The number of hydrogen-bond donors (Lipinski definition) is 2. The molecule has 0 spiro atoms. The van der Waals surface area contributed by atoms with Crippen molar-refractivity contribution >= 4 is 28.1 Å². The molecular formula is C12H10N2O4. The Bertz CT molecular complexity index is 652. The maximum atomic E-state index is 11.0. The van der Waals surface area contributed by atoms with E-state index in [1.54, 1.807) is 18.2 Å². The zero-order valence-electron chi connectivity index (χ0n) is 9.51. The molecule has 0 fully saturated rings. The van der Waals surface area contributed by atoms with E-state index in [1.165, 1.54) is 13.0 Å². The van der Waals surface area contributed by atoms with E-state index in [0.717, 1.165) is 6.07 Å². The molecule has 2 aromatic carbocycles. The van der Waals surface area contributed by atoms with Crippen LogP contribution < -0.4 is 5.32 Å². The van der Waals surface area contributed by atoms with Crippen LogP contribution in [0.3, 0.4) is 0 Å². The summed E-state index contributed by atoms with van der Waals surface area (Å²) in [6.45, 7) is 1.35. The summed E-state index contributed by atoms with van der Waals surface area (Å²) in [5.41, 5.74) is 0.229. The van der Waals surface area contributed by atoms with Gasteiger partial charge >= 0.3 is 0 Å². The van der Waals surface area contributed by atoms with Crippen molar-refractivity contribution < 1.29 is 14.8 Å². The van der Waals surface area contributed by atoms with E-state index in [2.05, 4.69) is 5.32 Å². The summed E-state index contributed by atoms with van der Waals surface area (Å²) in [6.07, 6.45) is 0. The molecular weight excluding hydrogens is 236 g/mol. The van der Waals surface area contributed by atoms with Gasteiger partial charge in [-0.15, -0.1) is 0 Å². The minimum absolute atomic E-state index is 0.194. The number of hydrogen-bond acceptors (Lipinski definition) is 4. The molecule has 0 saturated heterocycles. The number of carbonyl (C=O) groups is 1. The highest BCUT2D eigenvalue weighted by molar-refractivity contribution is 6.05. The lowest BCUT2D eigenvalue weighted by Crippen LogP contribution is -2.06. The molecule has 0 aliphatic heterocycles. The number of nitrogens with zero attached hydrogens (tertiary/aromatic N) is 1. The molecule has 18 heavy (non-hydrogen) atoms. The van der Waals surface area contributed by atoms with Crippen molar-refractivity contribution in [2.75, 3.05) is 5.32 Å². The van der Waals surface area contributed by atoms with Crippen LogP contribution in [-0.4, -0.2) is 15.9 Å². The van der Waals surface area contributed by atoms with E-state index >= 15 is 0 Å². The van der Waals surface area contributed by atoms with Crippen molar-refractivity contribution in [2.45, 2.75) is 6.92 Å². The van der Waals surface area contributed by atoms with Gasteiger partial charge in [-0.2, -0.15) is 0 Å². The van der Waals surface area contributed by atoms with Crippen molar-refractivity contribution in [1.29, 1.82) is 0 Å². The van der Waals surface area contributed by atoms with Crippen LogP contribution >= 0.6 is 0 Å². The number of non-ortho nitro benzene ring substituents is 1. The van der Waals surface area contributed by atoms with Crippen LogP contribution in [0.4, 0.5) is 11.4 Å². The molecule has 0 aliphatic carbocycles. The molecule has 0 heterocycles. The summed E-state index contributed by atoms with van der Waals surface area (Å²) in [6, 6.07) is 7.31. The standard InChI is InChI=1S/C12H10N2O4/c1-7(15)13-10-4-2-3-8-5-9(14(17)18)6-11(16)12(8)10/h2-6,16H,1H3,(H,13,15). The molecule has 0 aliphatic rings. The zero-order valence-corrected chi connectivity index (χ0v) is 9.51. The molecule has 0 atom stereocenters. The number of phenols is 1. The maximum absolute atomic E-state index is 11.0. The first-order chi connectivity index (χ1) is 8.49. The van der Waals surface area contributed by atoms with Crippen molar-refractivity contribution in [3.63, 3.8) is 0 Å². The third-order valence-corrected chi connectivity index (χ3v) is 2.46. The lowest BCUT2D eigenvalue weighted by Gasteiger charge is -2.08. The second-order valence-electron chi connectivity index (χ2n) is 3.81. The van der Waals surface area contributed by atoms with Gasteiger partial charge in [0.15, 0.2) is 0 Å². The number of nitro benzene ring substituents is 1. The molecule has 0 radical (unpaired) electrons. The molecule has 0 aromatic heterocycles. The average molecular weight is 246 g/mol. The maximum Gasteiger partial charge on any atom is 0.273 e. The molecule has 2 N–H and O–H groups in total. The topological polar surface area (TPSA) is 92.5 Å². The summed E-state index contributed by atoms with van der Waals surface area (Å²) in [5, 5.41) is 24.0. The third-order valence-electron chi connectivity index (χ3n) is 2.46. The lowest BCUT2D eigenvalue weighted by atomic mass is 10.1. The van der Waals surface area contributed by atoms with Crippen LogP contribution in [0.2, 0.25) is 0 Å². The minimum atomic E-state index is -0.579. The van der Waals surface area contributed by atoms with Gasteiger partial charge in [0.1, 0.15) is 5.75 Å². The van der Waals surface area contributed by atoms with E-state index in [4.69, 9.17) is 0 Å². The van der Waals surface area contributed by atoms with Crippen molar-refractivity contribution in [3.05, 3.63) is 40.4 Å². The molecule has 0 bridgehead atoms. The third kappa shape index (κ3) is 2.08. The Morgan fingerprint density at radius 3 is 2.72 bits per heavy atom. The predicted molar refractivity (Wildman–Crippen MR) is 66.6 cm³/mol. The molecule has 6 heteroatoms. The highest BCUT2D eigenvalue weighted by Gasteiger charge is 2.13. The van der Waals surface area contributed by atoms with Gasteiger partial charge in [-0.25, -0.2) is 0 Å². The number of carbonyl (C=O) groups excluding carboxylic acids is 1. The smallest absolute Gasteiger partial charge is 0.273 e. The average Bonchev–Trinajstić information content (AvgIpc) is 2.27. The van der Waals surface area contributed by atoms with Gasteiger partial charge in [-0.1, -0.05) is 12.1 Å². The van der Waals surface area contributed by atoms with Crippen LogP contribution in [0.25, 0.3) is 10.8 Å². The summed E-state index contributed by atoms with van der Waals surface area (Å²) < 4.78 is 0. The van der Waals surface area contributed by atoms with Crippen LogP contribution in [0.5, 0.6) is 5.75 Å². The Morgan fingerprint density at radius 1 is 1.39 bits per heavy atom. The van der Waals surface area contributed by atoms with E-state index < -0.39 is 4.92 Å². The van der Waals surface area contributed by atoms with Gasteiger partial charge in [0.05, 0.1) is 16.7 Å². The number of phenolic OH excluding ortho intramolecular Hbond substituents is 1. The quantitative estimate of drug-likeness (QED) is 0.628. The number of anilines is 1. The van der Waals surface area contributed by atoms with E-state index in [-0.39, 0.29) is 17.3 Å². The highest BCUT2D eigenvalue weighted by Crippen LogP contribution is 2.35. The summed E-state index contributed by atoms with van der Waals surface area (Å²) in [4.78, 5) is 21.1. The minimum Gasteiger partial charge on any atom is -0.507 e. The number of nitrogens with one attached hydrogen (secondary N) is 1. The molecule has 1 amide bonds. The number of amides is 1. The van der Waals surface area contributed by atoms with Gasteiger partial charge < -0.3 is 10.4 Å². The normalized spacial score (nSPS) is 10.3. The van der Waals surface area contributed by atoms with E-state index in [9.17, 15) is 20.0 Å². The van der Waals surface area contributed by atoms with Gasteiger partial charge in [0.25, 0.3) is 5.69 Å². The largest absolute Gasteiger partial charge is 0.507 e. The second-order valence-corrected chi connectivity index (χ2v) is 3.81. The first-order valence-electron chi connectivity index (χ1n) is 5.17. The Morgan fingerprint density at radius 2 is 2.11 bits per heavy atom. The zero-order chi connectivity index (χ0) is 13.3. The summed E-state index contributed by atoms with van der Waals surface area (Å²) in [5.74, 6) is -0.510. The Balaban J connectivity index is 2.70. The van der Waals surface area contributed by atoms with Gasteiger partial charge in [-0.3, -0.25) is 14.9 Å². The Kier molecular flexibility index (Phi) is 2.85. The summed E-state index contributed by atoms with van der Waals surface area (Å²) >= 11 is 0. The number of rotatable bonds is 2. The molecule has 2 aromatic rings. The van der Waals surface area contributed by atoms with Crippen molar-refractivity contribution in [1.82, 2.24) is 0 Å². The molecule has 0 saturated carbocycles.